The summed E-state index contributed by atoms with van der Waals surface area (Å²) in [5.41, 5.74) is 0.754. The van der Waals surface area contributed by atoms with Gasteiger partial charge in [0.15, 0.2) is 0 Å². The van der Waals surface area contributed by atoms with Crippen LogP contribution < -0.4 is 5.32 Å². The Hall–Kier alpha value is -0.830. The summed E-state index contributed by atoms with van der Waals surface area (Å²) in [5.74, 6) is -0.501. The van der Waals surface area contributed by atoms with Crippen LogP contribution in [0.5, 0.6) is 0 Å². The van der Waals surface area contributed by atoms with Crippen molar-refractivity contribution in [1.29, 1.82) is 0 Å². The molecule has 1 heterocycles. The molecule has 4 nitrogen and oxygen atoms in total. The van der Waals surface area contributed by atoms with E-state index in [1.807, 2.05) is 6.92 Å². The zero-order chi connectivity index (χ0) is 10.4. The van der Waals surface area contributed by atoms with E-state index in [4.69, 9.17) is 4.89 Å². The molecule has 5 heteroatoms. The smallest absolute Gasteiger partial charge is 0.267 e. The van der Waals surface area contributed by atoms with Crippen LogP contribution in [0.2, 0.25) is 0 Å². The standard InChI is InChI=1S/C9H13N2O2P/c1-2-5-11-9(14(12)13)8-4-3-6-10-7-8/h3-4,6-7,9,11H,2,5H2,1H3/p+1. The highest BCUT2D eigenvalue weighted by atomic mass is 31.1. The summed E-state index contributed by atoms with van der Waals surface area (Å²) >= 11 is 0. The Balaban J connectivity index is 2.73. The molecule has 0 aliphatic carbocycles. The number of rotatable bonds is 5. The average Bonchev–Trinajstić information content (AvgIpc) is 2.19. The molecule has 0 aliphatic rings. The highest BCUT2D eigenvalue weighted by molar-refractivity contribution is 7.38. The van der Waals surface area contributed by atoms with Crippen LogP contribution in [0.15, 0.2) is 24.5 Å². The molecule has 0 bridgehead atoms. The van der Waals surface area contributed by atoms with Crippen molar-refractivity contribution < 1.29 is 9.46 Å². The molecular formula is C9H14N2O2P+. The van der Waals surface area contributed by atoms with Crippen molar-refractivity contribution in [2.45, 2.75) is 19.1 Å². The van der Waals surface area contributed by atoms with Gasteiger partial charge in [-0.3, -0.25) is 10.3 Å². The maximum Gasteiger partial charge on any atom is 0.529 e. The van der Waals surface area contributed by atoms with Gasteiger partial charge in [-0.1, -0.05) is 6.92 Å². The molecule has 1 aromatic rings. The second-order valence-electron chi connectivity index (χ2n) is 2.95. The summed E-state index contributed by atoms with van der Waals surface area (Å²) in [7, 11) is -2.25. The highest BCUT2D eigenvalue weighted by Gasteiger charge is 2.29. The van der Waals surface area contributed by atoms with Crippen LogP contribution in [0.3, 0.4) is 0 Å². The largest absolute Gasteiger partial charge is 0.529 e. The molecule has 0 aliphatic heterocycles. The fourth-order valence-electron chi connectivity index (χ4n) is 1.14. The third-order valence-electron chi connectivity index (χ3n) is 1.81. The molecule has 0 fully saturated rings. The summed E-state index contributed by atoms with van der Waals surface area (Å²) in [5, 5.41) is 3.01. The van der Waals surface area contributed by atoms with E-state index in [0.717, 1.165) is 18.5 Å². The lowest BCUT2D eigenvalue weighted by molar-refractivity contribution is 0.474. The van der Waals surface area contributed by atoms with Gasteiger partial charge in [-0.25, -0.2) is 0 Å². The van der Waals surface area contributed by atoms with Crippen LogP contribution in [0, 0.1) is 0 Å². The second-order valence-corrected chi connectivity index (χ2v) is 4.07. The van der Waals surface area contributed by atoms with Gasteiger partial charge in [0, 0.05) is 18.0 Å². The van der Waals surface area contributed by atoms with Gasteiger partial charge in [-0.15, -0.1) is 0 Å². The summed E-state index contributed by atoms with van der Waals surface area (Å²) in [6.45, 7) is 2.74. The average molecular weight is 213 g/mol. The maximum absolute atomic E-state index is 11.1. The van der Waals surface area contributed by atoms with Gasteiger partial charge in [0.25, 0.3) is 5.78 Å². The number of pyridine rings is 1. The number of nitrogens with one attached hydrogen (secondary N) is 1. The quantitative estimate of drug-likeness (QED) is 0.732. The van der Waals surface area contributed by atoms with E-state index in [9.17, 15) is 4.57 Å². The summed E-state index contributed by atoms with van der Waals surface area (Å²) in [6.07, 6.45) is 4.18. The second kappa shape index (κ2) is 5.81. The van der Waals surface area contributed by atoms with Crippen LogP contribution in [0.1, 0.15) is 24.7 Å². The molecule has 1 rings (SSSR count). The van der Waals surface area contributed by atoms with Gasteiger partial charge < -0.3 is 0 Å². The summed E-state index contributed by atoms with van der Waals surface area (Å²) < 4.78 is 11.1. The molecule has 0 amide bonds. The van der Waals surface area contributed by atoms with Crippen LogP contribution >= 0.6 is 8.03 Å². The minimum absolute atomic E-state index is 0.501. The normalized spacial score (nSPS) is 13.7. The Morgan fingerprint density at radius 3 is 3.00 bits per heavy atom. The minimum Gasteiger partial charge on any atom is -0.267 e. The van der Waals surface area contributed by atoms with Crippen LogP contribution in [-0.2, 0) is 4.57 Å². The first-order chi connectivity index (χ1) is 6.75. The molecule has 2 N–H and O–H groups in total. The molecule has 0 radical (unpaired) electrons. The van der Waals surface area contributed by atoms with E-state index in [1.165, 1.54) is 0 Å². The fourth-order valence-corrected chi connectivity index (χ4v) is 1.84. The molecule has 1 aromatic heterocycles. The Bertz CT molecular complexity index is 292. The Kier molecular flexibility index (Phi) is 4.66. The van der Waals surface area contributed by atoms with E-state index in [1.54, 1.807) is 24.5 Å². The molecule has 0 saturated carbocycles. The van der Waals surface area contributed by atoms with Crippen molar-refractivity contribution in [2.24, 2.45) is 0 Å². The van der Waals surface area contributed by atoms with Crippen molar-refractivity contribution in [3.63, 3.8) is 0 Å². The fraction of sp³-hybridized carbons (Fsp3) is 0.444. The number of hydrogen-bond donors (Lipinski definition) is 2. The van der Waals surface area contributed by atoms with Crippen molar-refractivity contribution in [2.75, 3.05) is 6.54 Å². The third kappa shape index (κ3) is 3.14. The lowest BCUT2D eigenvalue weighted by Crippen LogP contribution is -2.19. The number of hydrogen-bond acceptors (Lipinski definition) is 3. The summed E-state index contributed by atoms with van der Waals surface area (Å²) in [4.78, 5) is 13.0. The van der Waals surface area contributed by atoms with Crippen LogP contribution in [-0.4, -0.2) is 16.4 Å². The van der Waals surface area contributed by atoms with Gasteiger partial charge >= 0.3 is 8.03 Å². The monoisotopic (exact) mass is 213 g/mol. The first kappa shape index (κ1) is 11.2. The van der Waals surface area contributed by atoms with E-state index in [-0.39, 0.29) is 0 Å². The van der Waals surface area contributed by atoms with Crippen LogP contribution in [0.4, 0.5) is 0 Å². The molecule has 2 atom stereocenters. The minimum atomic E-state index is -2.25. The Morgan fingerprint density at radius 1 is 1.71 bits per heavy atom. The molecule has 0 saturated heterocycles. The van der Waals surface area contributed by atoms with Crippen molar-refractivity contribution in [3.05, 3.63) is 30.1 Å². The van der Waals surface area contributed by atoms with E-state index in [2.05, 4.69) is 10.3 Å². The van der Waals surface area contributed by atoms with E-state index in [0.29, 0.717) is 0 Å². The van der Waals surface area contributed by atoms with Crippen molar-refractivity contribution in [3.8, 4) is 0 Å². The third-order valence-corrected chi connectivity index (χ3v) is 2.73. The predicted octanol–water partition coefficient (Wildman–Crippen LogP) is 1.81. The number of nitrogens with zero attached hydrogens (tertiary/aromatic N) is 1. The van der Waals surface area contributed by atoms with Gasteiger partial charge in [0.1, 0.15) is 0 Å². The molecule has 76 valence electrons. The lowest BCUT2D eigenvalue weighted by atomic mass is 10.3. The first-order valence-electron chi connectivity index (χ1n) is 4.54. The molecule has 14 heavy (non-hydrogen) atoms. The molecule has 2 unspecified atom stereocenters. The number of aromatic nitrogens is 1. The van der Waals surface area contributed by atoms with Crippen LogP contribution in [0.25, 0.3) is 0 Å². The first-order valence-corrected chi connectivity index (χ1v) is 5.82. The van der Waals surface area contributed by atoms with Gasteiger partial charge in [0.05, 0.1) is 0 Å². The summed E-state index contributed by atoms with van der Waals surface area (Å²) in [6, 6.07) is 3.55. The van der Waals surface area contributed by atoms with Crippen molar-refractivity contribution in [1.82, 2.24) is 10.3 Å². The van der Waals surface area contributed by atoms with Gasteiger partial charge in [-0.2, -0.15) is 4.89 Å². The maximum atomic E-state index is 11.1. The zero-order valence-electron chi connectivity index (χ0n) is 8.05. The predicted molar refractivity (Wildman–Crippen MR) is 55.1 cm³/mol. The zero-order valence-corrected chi connectivity index (χ0v) is 8.95. The van der Waals surface area contributed by atoms with E-state index >= 15 is 0 Å². The molecule has 0 spiro atoms. The van der Waals surface area contributed by atoms with Crippen molar-refractivity contribution >= 4 is 8.03 Å². The highest BCUT2D eigenvalue weighted by Crippen LogP contribution is 2.34. The topological polar surface area (TPSA) is 62.2 Å². The Morgan fingerprint density at radius 2 is 2.50 bits per heavy atom. The van der Waals surface area contributed by atoms with Gasteiger partial charge in [-0.05, 0) is 29.7 Å². The van der Waals surface area contributed by atoms with E-state index < -0.39 is 13.8 Å². The lowest BCUT2D eigenvalue weighted by Gasteiger charge is -2.05. The Labute approximate surface area is 84.2 Å². The molecular weight excluding hydrogens is 199 g/mol. The van der Waals surface area contributed by atoms with Gasteiger partial charge in [0.2, 0.25) is 0 Å². The SMILES string of the molecule is CCCNC(c1cccnc1)[P+](=O)O. The molecule has 0 aromatic carbocycles.